The van der Waals surface area contributed by atoms with Gasteiger partial charge in [-0.2, -0.15) is 0 Å². The number of carbonyl (C=O) groups excluding carboxylic acids is 2. The number of benzene rings is 2. The third-order valence-corrected chi connectivity index (χ3v) is 7.26. The summed E-state index contributed by atoms with van der Waals surface area (Å²) >= 11 is 1.36. The lowest BCUT2D eigenvalue weighted by Crippen LogP contribution is -2.38. The zero-order valence-corrected chi connectivity index (χ0v) is 21.1. The van der Waals surface area contributed by atoms with Crippen LogP contribution in [0.3, 0.4) is 0 Å². The van der Waals surface area contributed by atoms with Crippen molar-refractivity contribution >= 4 is 40.2 Å². The van der Waals surface area contributed by atoms with Gasteiger partial charge >= 0.3 is 5.97 Å². The van der Waals surface area contributed by atoms with Gasteiger partial charge in [0.25, 0.3) is 5.69 Å². The molecular formula is C27H26N4O5S. The van der Waals surface area contributed by atoms with Crippen molar-refractivity contribution in [3.63, 3.8) is 0 Å². The van der Waals surface area contributed by atoms with Gasteiger partial charge in [0.2, 0.25) is 5.91 Å². The molecule has 1 unspecified atom stereocenters. The molecule has 0 spiro atoms. The molecule has 2 aromatic rings. The van der Waals surface area contributed by atoms with Crippen LogP contribution < -0.4 is 5.32 Å². The average Bonchev–Trinajstić information content (AvgIpc) is 3.66. The molecule has 0 radical (unpaired) electrons. The molecule has 1 atom stereocenters. The molecule has 1 aliphatic carbocycles. The predicted octanol–water partition coefficient (Wildman–Crippen LogP) is 4.79. The van der Waals surface area contributed by atoms with Crippen LogP contribution in [0.5, 0.6) is 0 Å². The van der Waals surface area contributed by atoms with Crippen molar-refractivity contribution in [2.24, 2.45) is 10.9 Å². The predicted molar refractivity (Wildman–Crippen MR) is 141 cm³/mol. The van der Waals surface area contributed by atoms with Crippen LogP contribution in [-0.4, -0.2) is 40.0 Å². The summed E-state index contributed by atoms with van der Waals surface area (Å²) in [5.41, 5.74) is 2.55. The van der Waals surface area contributed by atoms with E-state index in [4.69, 9.17) is 9.73 Å². The van der Waals surface area contributed by atoms with E-state index in [2.05, 4.69) is 5.32 Å². The van der Waals surface area contributed by atoms with Crippen molar-refractivity contribution < 1.29 is 19.2 Å². The zero-order chi connectivity index (χ0) is 25.9. The SMILES string of the molecule is CCOC(=O)C1=C(c2ccccc2)N=C2SC=C(CC(=O)NCC3CC3)N2C1c1cccc([N+](=O)[O-])c1. The average molecular weight is 519 g/mol. The smallest absolute Gasteiger partial charge is 0.338 e. The largest absolute Gasteiger partial charge is 0.463 e. The number of hydrogen-bond donors (Lipinski definition) is 1. The Balaban J connectivity index is 1.61. The van der Waals surface area contributed by atoms with Crippen molar-refractivity contribution in [1.82, 2.24) is 10.2 Å². The van der Waals surface area contributed by atoms with Gasteiger partial charge in [-0.1, -0.05) is 54.2 Å². The summed E-state index contributed by atoms with van der Waals surface area (Å²) in [5, 5.41) is 17.0. The van der Waals surface area contributed by atoms with E-state index in [0.717, 1.165) is 18.4 Å². The van der Waals surface area contributed by atoms with Gasteiger partial charge in [0.1, 0.15) is 0 Å². The fourth-order valence-electron chi connectivity index (χ4n) is 4.42. The number of nitro groups is 1. The Kier molecular flexibility index (Phi) is 7.09. The molecule has 0 bridgehead atoms. The molecule has 2 heterocycles. The van der Waals surface area contributed by atoms with Crippen LogP contribution in [0.4, 0.5) is 5.69 Å². The van der Waals surface area contributed by atoms with Crippen LogP contribution in [0.2, 0.25) is 0 Å². The number of aliphatic imine (C=N–C) groups is 1. The Morgan fingerprint density at radius 1 is 1.19 bits per heavy atom. The number of rotatable bonds is 9. The van der Waals surface area contributed by atoms with E-state index in [1.807, 2.05) is 40.6 Å². The van der Waals surface area contributed by atoms with Gasteiger partial charge in [0, 0.05) is 29.9 Å². The highest BCUT2D eigenvalue weighted by molar-refractivity contribution is 8.16. The van der Waals surface area contributed by atoms with Crippen LogP contribution in [0, 0.1) is 16.0 Å². The summed E-state index contributed by atoms with van der Waals surface area (Å²) in [6.07, 6.45) is 2.36. The van der Waals surface area contributed by atoms with Crippen molar-refractivity contribution in [2.45, 2.75) is 32.2 Å². The van der Waals surface area contributed by atoms with Crippen LogP contribution in [-0.2, 0) is 14.3 Å². The highest BCUT2D eigenvalue weighted by atomic mass is 32.2. The molecule has 2 aliphatic heterocycles. The van der Waals surface area contributed by atoms with E-state index < -0.39 is 16.9 Å². The summed E-state index contributed by atoms with van der Waals surface area (Å²) in [6, 6.07) is 14.8. The maximum atomic E-state index is 13.5. The Hall–Kier alpha value is -3.92. The second-order valence-corrected chi connectivity index (χ2v) is 9.86. The number of nitrogens with one attached hydrogen (secondary N) is 1. The second-order valence-electron chi connectivity index (χ2n) is 9.02. The van der Waals surface area contributed by atoms with Crippen molar-refractivity contribution in [1.29, 1.82) is 0 Å². The minimum Gasteiger partial charge on any atom is -0.463 e. The lowest BCUT2D eigenvalue weighted by Gasteiger charge is -2.36. The first-order valence-corrected chi connectivity index (χ1v) is 13.1. The molecule has 37 heavy (non-hydrogen) atoms. The van der Waals surface area contributed by atoms with Crippen molar-refractivity contribution in [2.75, 3.05) is 13.2 Å². The van der Waals surface area contributed by atoms with Gasteiger partial charge in [-0.25, -0.2) is 9.79 Å². The topological polar surface area (TPSA) is 114 Å². The minimum atomic E-state index is -0.765. The minimum absolute atomic E-state index is 0.0920. The summed E-state index contributed by atoms with van der Waals surface area (Å²) in [5.74, 6) is -0.129. The second kappa shape index (κ2) is 10.6. The third-order valence-electron chi connectivity index (χ3n) is 6.38. The number of thioether (sulfide) groups is 1. The molecule has 0 saturated heterocycles. The molecule has 2 aromatic carbocycles. The van der Waals surface area contributed by atoms with Crippen molar-refractivity contribution in [3.8, 4) is 0 Å². The first-order valence-electron chi connectivity index (χ1n) is 12.2. The highest BCUT2D eigenvalue weighted by Crippen LogP contribution is 2.47. The fraction of sp³-hybridized carbons (Fsp3) is 0.296. The van der Waals surface area contributed by atoms with Gasteiger partial charge in [0.15, 0.2) is 5.17 Å². The molecule has 1 N–H and O–H groups in total. The number of non-ortho nitro benzene ring substituents is 1. The summed E-state index contributed by atoms with van der Waals surface area (Å²) in [7, 11) is 0. The number of amides is 1. The maximum absolute atomic E-state index is 13.5. The standard InChI is InChI=1S/C27H26N4O5S/c1-2-36-26(33)23-24(18-7-4-3-5-8-18)29-27-30(25(23)19-9-6-10-20(13-19)31(34)35)21(16-37-27)14-22(32)28-15-17-11-12-17/h3-10,13,16-17,25H,2,11-12,14-15H2,1H3,(H,28,32). The van der Waals surface area contributed by atoms with Gasteiger partial charge in [0.05, 0.1) is 35.3 Å². The van der Waals surface area contributed by atoms with E-state index in [-0.39, 0.29) is 30.2 Å². The van der Waals surface area contributed by atoms with Gasteiger partial charge < -0.3 is 15.0 Å². The number of carbonyl (C=O) groups is 2. The van der Waals surface area contributed by atoms with Crippen molar-refractivity contribution in [3.05, 3.63) is 92.5 Å². The summed E-state index contributed by atoms with van der Waals surface area (Å²) in [6.45, 7) is 2.53. The number of nitrogens with zero attached hydrogens (tertiary/aromatic N) is 3. The lowest BCUT2D eigenvalue weighted by atomic mass is 9.91. The van der Waals surface area contributed by atoms with Gasteiger partial charge in [-0.3, -0.25) is 14.9 Å². The molecule has 1 fully saturated rings. The van der Waals surface area contributed by atoms with E-state index >= 15 is 0 Å². The normalized spacial score (nSPS) is 18.6. The molecular weight excluding hydrogens is 492 g/mol. The van der Waals surface area contributed by atoms with Crippen LogP contribution in [0.15, 0.2) is 76.3 Å². The van der Waals surface area contributed by atoms with Gasteiger partial charge in [-0.05, 0) is 36.7 Å². The van der Waals surface area contributed by atoms with E-state index in [1.54, 1.807) is 19.1 Å². The Morgan fingerprint density at radius 2 is 1.97 bits per heavy atom. The molecule has 190 valence electrons. The lowest BCUT2D eigenvalue weighted by molar-refractivity contribution is -0.384. The molecule has 9 nitrogen and oxygen atoms in total. The highest BCUT2D eigenvalue weighted by Gasteiger charge is 2.42. The third kappa shape index (κ3) is 5.29. The van der Waals surface area contributed by atoms with Crippen LogP contribution >= 0.6 is 11.8 Å². The fourth-order valence-corrected chi connectivity index (χ4v) is 5.34. The summed E-state index contributed by atoms with van der Waals surface area (Å²) in [4.78, 5) is 44.1. The monoisotopic (exact) mass is 518 g/mol. The first-order chi connectivity index (χ1) is 18.0. The number of nitro benzene ring substituents is 1. The molecule has 3 aliphatic rings. The van der Waals surface area contributed by atoms with Crippen LogP contribution in [0.25, 0.3) is 5.70 Å². The molecule has 5 rings (SSSR count). The number of esters is 1. The quantitative estimate of drug-likeness (QED) is 0.288. The molecule has 1 amide bonds. The van der Waals surface area contributed by atoms with E-state index in [9.17, 15) is 19.7 Å². The maximum Gasteiger partial charge on any atom is 0.338 e. The van der Waals surface area contributed by atoms with Gasteiger partial charge in [-0.15, -0.1) is 0 Å². The molecule has 1 saturated carbocycles. The Bertz CT molecular complexity index is 1330. The first kappa shape index (κ1) is 24.8. The molecule has 10 heteroatoms. The Morgan fingerprint density at radius 3 is 2.68 bits per heavy atom. The number of fused-ring (bicyclic) bond motifs is 1. The van der Waals surface area contributed by atoms with E-state index in [0.29, 0.717) is 34.6 Å². The summed E-state index contributed by atoms with van der Waals surface area (Å²) < 4.78 is 5.47. The Labute approximate surface area is 218 Å². The number of hydrogen-bond acceptors (Lipinski definition) is 8. The zero-order valence-electron chi connectivity index (χ0n) is 20.3. The van der Waals surface area contributed by atoms with Crippen LogP contribution in [0.1, 0.15) is 43.4 Å². The van der Waals surface area contributed by atoms with E-state index in [1.165, 1.54) is 23.9 Å². The number of ether oxygens (including phenoxy) is 1. The number of amidine groups is 1. The molecule has 0 aromatic heterocycles.